The lowest BCUT2D eigenvalue weighted by Crippen LogP contribution is -2.24. The molecule has 2 nitrogen and oxygen atoms in total. The maximum atomic E-state index is 14.1. The first-order valence-corrected chi connectivity index (χ1v) is 6.95. The minimum Gasteiger partial charge on any atom is -0.306 e. The van der Waals surface area contributed by atoms with E-state index in [1.54, 1.807) is 12.3 Å². The van der Waals surface area contributed by atoms with Crippen LogP contribution in [-0.2, 0) is 0 Å². The van der Waals surface area contributed by atoms with E-state index in [0.29, 0.717) is 5.56 Å². The summed E-state index contributed by atoms with van der Waals surface area (Å²) in [6.07, 6.45) is 2.91. The van der Waals surface area contributed by atoms with E-state index in [9.17, 15) is 4.39 Å². The van der Waals surface area contributed by atoms with E-state index >= 15 is 0 Å². The zero-order chi connectivity index (χ0) is 14.7. The highest BCUT2D eigenvalue weighted by Gasteiger charge is 2.19. The SMILES string of the molecule is CCNC(c1cc(C)c(C)cc1C)c1ccncc1F. The summed E-state index contributed by atoms with van der Waals surface area (Å²) < 4.78 is 14.1. The molecule has 20 heavy (non-hydrogen) atoms. The van der Waals surface area contributed by atoms with Crippen LogP contribution >= 0.6 is 0 Å². The van der Waals surface area contributed by atoms with Crippen LogP contribution in [0.3, 0.4) is 0 Å². The molecule has 2 aromatic rings. The van der Waals surface area contributed by atoms with Crippen molar-refractivity contribution in [1.82, 2.24) is 10.3 Å². The highest BCUT2D eigenvalue weighted by molar-refractivity contribution is 5.42. The molecule has 0 aliphatic rings. The van der Waals surface area contributed by atoms with Crippen LogP contribution in [0.1, 0.15) is 40.8 Å². The third-order valence-corrected chi connectivity index (χ3v) is 3.72. The fraction of sp³-hybridized carbons (Fsp3) is 0.353. The maximum Gasteiger partial charge on any atom is 0.146 e. The Bertz CT molecular complexity index is 608. The van der Waals surface area contributed by atoms with E-state index in [1.807, 2.05) is 6.92 Å². The molecule has 0 bridgehead atoms. The minimum atomic E-state index is -0.268. The third kappa shape index (κ3) is 2.88. The van der Waals surface area contributed by atoms with Crippen molar-refractivity contribution in [2.45, 2.75) is 33.7 Å². The lowest BCUT2D eigenvalue weighted by atomic mass is 9.92. The van der Waals surface area contributed by atoms with Crippen LogP contribution in [0.4, 0.5) is 4.39 Å². The van der Waals surface area contributed by atoms with E-state index in [-0.39, 0.29) is 11.9 Å². The Balaban J connectivity index is 2.54. The van der Waals surface area contributed by atoms with Gasteiger partial charge in [-0.25, -0.2) is 4.39 Å². The van der Waals surface area contributed by atoms with Crippen molar-refractivity contribution in [2.24, 2.45) is 0 Å². The molecule has 3 heteroatoms. The third-order valence-electron chi connectivity index (χ3n) is 3.72. The highest BCUT2D eigenvalue weighted by Crippen LogP contribution is 2.28. The quantitative estimate of drug-likeness (QED) is 0.914. The van der Waals surface area contributed by atoms with Gasteiger partial charge in [-0.1, -0.05) is 19.1 Å². The van der Waals surface area contributed by atoms with E-state index < -0.39 is 0 Å². The van der Waals surface area contributed by atoms with E-state index in [1.165, 1.54) is 22.9 Å². The first-order valence-electron chi connectivity index (χ1n) is 6.95. The minimum absolute atomic E-state index is 0.137. The van der Waals surface area contributed by atoms with Gasteiger partial charge in [0.2, 0.25) is 0 Å². The van der Waals surface area contributed by atoms with Crippen LogP contribution < -0.4 is 5.32 Å². The van der Waals surface area contributed by atoms with Crippen LogP contribution in [-0.4, -0.2) is 11.5 Å². The predicted octanol–water partition coefficient (Wildman–Crippen LogP) is 3.84. The van der Waals surface area contributed by atoms with Crippen molar-refractivity contribution in [3.8, 4) is 0 Å². The average Bonchev–Trinajstić information content (AvgIpc) is 2.42. The molecule has 1 aromatic heterocycles. The normalized spacial score (nSPS) is 12.4. The fourth-order valence-corrected chi connectivity index (χ4v) is 2.51. The number of aromatic nitrogens is 1. The van der Waals surface area contributed by atoms with Crippen molar-refractivity contribution in [3.05, 3.63) is 64.2 Å². The second-order valence-electron chi connectivity index (χ2n) is 5.18. The van der Waals surface area contributed by atoms with E-state index in [0.717, 1.165) is 12.1 Å². The first-order chi connectivity index (χ1) is 9.54. The summed E-state index contributed by atoms with van der Waals surface area (Å²) in [5.74, 6) is -0.268. The standard InChI is InChI=1S/C17H21FN2/c1-5-20-17(14-6-7-19-10-16(14)18)15-9-12(3)11(2)8-13(15)4/h6-10,17,20H,5H2,1-4H3. The fourth-order valence-electron chi connectivity index (χ4n) is 2.51. The second-order valence-corrected chi connectivity index (χ2v) is 5.18. The Labute approximate surface area is 120 Å². The molecule has 0 fully saturated rings. The molecule has 1 aromatic carbocycles. The van der Waals surface area contributed by atoms with E-state index in [2.05, 4.69) is 43.2 Å². The van der Waals surface area contributed by atoms with Gasteiger partial charge in [-0.3, -0.25) is 4.98 Å². The molecule has 1 unspecified atom stereocenters. The number of nitrogens with zero attached hydrogens (tertiary/aromatic N) is 1. The summed E-state index contributed by atoms with van der Waals surface area (Å²) >= 11 is 0. The topological polar surface area (TPSA) is 24.9 Å². The molecule has 1 N–H and O–H groups in total. The number of benzene rings is 1. The van der Waals surface area contributed by atoms with Gasteiger partial charge in [-0.2, -0.15) is 0 Å². The van der Waals surface area contributed by atoms with Gasteiger partial charge in [0.25, 0.3) is 0 Å². The molecule has 0 saturated heterocycles. The first kappa shape index (κ1) is 14.7. The average molecular weight is 272 g/mol. The van der Waals surface area contributed by atoms with E-state index in [4.69, 9.17) is 0 Å². The van der Waals surface area contributed by atoms with Gasteiger partial charge in [-0.05, 0) is 55.6 Å². The monoisotopic (exact) mass is 272 g/mol. The zero-order valence-electron chi connectivity index (χ0n) is 12.5. The van der Waals surface area contributed by atoms with Crippen molar-refractivity contribution in [3.63, 3.8) is 0 Å². The highest BCUT2D eigenvalue weighted by atomic mass is 19.1. The lowest BCUT2D eigenvalue weighted by molar-refractivity contribution is 0.553. The molecule has 1 atom stereocenters. The van der Waals surface area contributed by atoms with Crippen molar-refractivity contribution in [1.29, 1.82) is 0 Å². The number of nitrogens with one attached hydrogen (secondary N) is 1. The number of hydrogen-bond donors (Lipinski definition) is 1. The molecule has 1 heterocycles. The van der Waals surface area contributed by atoms with Gasteiger partial charge in [0, 0.05) is 11.8 Å². The van der Waals surface area contributed by atoms with Gasteiger partial charge in [0.1, 0.15) is 5.82 Å². The zero-order valence-corrected chi connectivity index (χ0v) is 12.5. The van der Waals surface area contributed by atoms with Gasteiger partial charge in [-0.15, -0.1) is 0 Å². The van der Waals surface area contributed by atoms with Gasteiger partial charge >= 0.3 is 0 Å². The Kier molecular flexibility index (Phi) is 4.50. The molecule has 0 spiro atoms. The molecular formula is C17H21FN2. The molecule has 0 radical (unpaired) electrons. The Morgan fingerprint density at radius 1 is 1.10 bits per heavy atom. The molecule has 0 amide bonds. The Morgan fingerprint density at radius 2 is 1.80 bits per heavy atom. The van der Waals surface area contributed by atoms with Gasteiger partial charge < -0.3 is 5.32 Å². The molecule has 0 aliphatic heterocycles. The Morgan fingerprint density at radius 3 is 2.45 bits per heavy atom. The molecule has 106 valence electrons. The molecule has 2 rings (SSSR count). The molecular weight excluding hydrogens is 251 g/mol. The van der Waals surface area contributed by atoms with Crippen LogP contribution in [0.25, 0.3) is 0 Å². The largest absolute Gasteiger partial charge is 0.306 e. The smallest absolute Gasteiger partial charge is 0.146 e. The maximum absolute atomic E-state index is 14.1. The number of hydrogen-bond acceptors (Lipinski definition) is 2. The van der Waals surface area contributed by atoms with Crippen LogP contribution in [0.2, 0.25) is 0 Å². The summed E-state index contributed by atoms with van der Waals surface area (Å²) in [6.45, 7) is 9.07. The summed E-state index contributed by atoms with van der Waals surface area (Å²) in [6, 6.07) is 5.92. The summed E-state index contributed by atoms with van der Waals surface area (Å²) in [5.41, 5.74) is 5.43. The number of rotatable bonds is 4. The molecule has 0 aliphatic carbocycles. The Hall–Kier alpha value is -1.74. The number of halogens is 1. The summed E-state index contributed by atoms with van der Waals surface area (Å²) in [4.78, 5) is 3.83. The van der Waals surface area contributed by atoms with Crippen molar-refractivity contribution in [2.75, 3.05) is 6.54 Å². The van der Waals surface area contributed by atoms with Gasteiger partial charge in [0.15, 0.2) is 0 Å². The second kappa shape index (κ2) is 6.14. The van der Waals surface area contributed by atoms with Gasteiger partial charge in [0.05, 0.1) is 12.2 Å². The molecule has 0 saturated carbocycles. The van der Waals surface area contributed by atoms with Crippen LogP contribution in [0, 0.1) is 26.6 Å². The summed E-state index contributed by atoms with van der Waals surface area (Å²) in [7, 11) is 0. The van der Waals surface area contributed by atoms with Crippen molar-refractivity contribution < 1.29 is 4.39 Å². The lowest BCUT2D eigenvalue weighted by Gasteiger charge is -2.22. The van der Waals surface area contributed by atoms with Crippen molar-refractivity contribution >= 4 is 0 Å². The summed E-state index contributed by atoms with van der Waals surface area (Å²) in [5, 5.41) is 3.38. The van der Waals surface area contributed by atoms with Crippen LogP contribution in [0.15, 0.2) is 30.6 Å². The predicted molar refractivity (Wildman–Crippen MR) is 80.4 cm³/mol. The number of aryl methyl sites for hydroxylation is 3. The van der Waals surface area contributed by atoms with Crippen LogP contribution in [0.5, 0.6) is 0 Å². The number of pyridine rings is 1.